The molecule has 1 radical (unpaired) electrons. The normalized spacial score (nSPS) is 7.20. The molecule has 0 rings (SSSR count). The molecular weight excluding hydrogens is 143 g/mol. The van der Waals surface area contributed by atoms with Crippen molar-refractivity contribution in [1.82, 2.24) is 0 Å². The number of rotatable bonds is 0. The van der Waals surface area contributed by atoms with Gasteiger partial charge in [0.25, 0.3) is 0 Å². The van der Waals surface area contributed by atoms with Crippen LogP contribution < -0.4 is 9.79 Å². The second kappa shape index (κ2) is 4.83. The molecule has 0 aromatic carbocycles. The summed E-state index contributed by atoms with van der Waals surface area (Å²) in [6, 6.07) is 0. The predicted molar refractivity (Wildman–Crippen MR) is 9.14 cm³/mol. The maximum absolute atomic E-state index is 8.59. The Balaban J connectivity index is 0. The average molecular weight is 144 g/mol. The summed E-state index contributed by atoms with van der Waals surface area (Å²) in [7, 11) is -3.12. The second-order valence-corrected chi connectivity index (χ2v) is 0.714. The van der Waals surface area contributed by atoms with Crippen LogP contribution in [0.25, 0.3) is 0 Å². The summed E-state index contributed by atoms with van der Waals surface area (Å²) in [5.41, 5.74) is 0. The summed E-state index contributed by atoms with van der Waals surface area (Å²) < 4.78 is 0. The van der Waals surface area contributed by atoms with E-state index in [1.165, 1.54) is 0 Å². The molecule has 0 atom stereocenters. The Bertz CT molecular complexity index is 11.6. The zero-order valence-corrected chi connectivity index (χ0v) is 3.85. The maximum atomic E-state index is 8.59. The fourth-order valence-corrected chi connectivity index (χ4v) is 0. The van der Waals surface area contributed by atoms with Crippen LogP contribution in [0.2, 0.25) is 0 Å². The van der Waals surface area contributed by atoms with Gasteiger partial charge in [-0.1, -0.05) is 0 Å². The molecule has 5 heteroatoms. The van der Waals surface area contributed by atoms with Gasteiger partial charge >= 0.3 is 17.1 Å². The quantitative estimate of drug-likeness (QED) is 0.313. The van der Waals surface area contributed by atoms with E-state index in [1.54, 1.807) is 0 Å². The third-order valence-electron chi connectivity index (χ3n) is 0. The predicted octanol–water partition coefficient (Wildman–Crippen LogP) is -2.08. The van der Waals surface area contributed by atoms with Gasteiger partial charge in [-0.25, -0.2) is 0 Å². The van der Waals surface area contributed by atoms with Crippen LogP contribution in [0.1, 0.15) is 0 Å². The molecule has 0 aliphatic heterocycles. The molecule has 35 valence electrons. The second-order valence-electron chi connectivity index (χ2n) is 0.238. The monoisotopic (exact) mass is 143 g/mol. The van der Waals surface area contributed by atoms with Gasteiger partial charge in [0.05, 0.1) is 0 Å². The molecule has 0 fully saturated rings. The van der Waals surface area contributed by atoms with Crippen LogP contribution in [-0.2, 0) is 17.1 Å². The molecular formula is HCuO3P. The molecule has 0 spiro atoms. The van der Waals surface area contributed by atoms with Crippen molar-refractivity contribution in [3.8, 4) is 0 Å². The van der Waals surface area contributed by atoms with E-state index in [9.17, 15) is 0 Å². The Morgan fingerprint density at radius 3 is 1.40 bits per heavy atom. The van der Waals surface area contributed by atoms with E-state index in [0.717, 1.165) is 0 Å². The molecule has 0 aromatic heterocycles. The molecule has 0 saturated heterocycles. The van der Waals surface area contributed by atoms with Crippen molar-refractivity contribution in [1.29, 1.82) is 0 Å². The van der Waals surface area contributed by atoms with Crippen molar-refractivity contribution < 1.29 is 31.7 Å². The van der Waals surface area contributed by atoms with Gasteiger partial charge in [0.2, 0.25) is 0 Å². The minimum Gasteiger partial charge on any atom is -0.820 e. The first-order valence-corrected chi connectivity index (χ1v) is 1.70. The summed E-state index contributed by atoms with van der Waals surface area (Å²) >= 11 is 0. The first-order chi connectivity index (χ1) is 1.73. The largest absolute Gasteiger partial charge is 2.00 e. The van der Waals surface area contributed by atoms with E-state index in [1.807, 2.05) is 0 Å². The van der Waals surface area contributed by atoms with Gasteiger partial charge in [-0.05, 0) is 0 Å². The summed E-state index contributed by atoms with van der Waals surface area (Å²) in [6.45, 7) is 0. The zero-order chi connectivity index (χ0) is 3.58. The van der Waals surface area contributed by atoms with Crippen LogP contribution in [0.15, 0.2) is 0 Å². The molecule has 0 bridgehead atoms. The van der Waals surface area contributed by atoms with E-state index < -0.39 is 8.60 Å². The standard InChI is InChI=1S/Cu.HO3P/c;1-4(2)3/h;1H/q+2;-2. The molecule has 0 aliphatic carbocycles. The Labute approximate surface area is 41.1 Å². The van der Waals surface area contributed by atoms with Crippen LogP contribution in [0.4, 0.5) is 0 Å². The minimum atomic E-state index is -3.12. The fraction of sp³-hybridized carbons (Fsp3) is 0. The van der Waals surface area contributed by atoms with Crippen LogP contribution in [0, 0.1) is 0 Å². The van der Waals surface area contributed by atoms with Gasteiger partial charge in [0.1, 0.15) is 0 Å². The van der Waals surface area contributed by atoms with E-state index in [2.05, 4.69) is 0 Å². The summed E-state index contributed by atoms with van der Waals surface area (Å²) in [5, 5.41) is 0. The van der Waals surface area contributed by atoms with Crippen LogP contribution >= 0.6 is 8.60 Å². The zero-order valence-electron chi connectivity index (χ0n) is 2.01. The molecule has 0 aliphatic rings. The third kappa shape index (κ3) is 56.2. The van der Waals surface area contributed by atoms with Gasteiger partial charge in [0.15, 0.2) is 0 Å². The SMILES string of the molecule is [Cu+2].[O-]P([O-])O. The summed E-state index contributed by atoms with van der Waals surface area (Å²) in [6.07, 6.45) is 0. The molecule has 0 saturated carbocycles. The molecule has 0 aromatic rings. The van der Waals surface area contributed by atoms with Gasteiger partial charge in [-0.15, -0.1) is 0 Å². The topological polar surface area (TPSA) is 66.3 Å². The first kappa shape index (κ1) is 9.27. The van der Waals surface area contributed by atoms with Crippen LogP contribution in [0.3, 0.4) is 0 Å². The van der Waals surface area contributed by atoms with Gasteiger partial charge < -0.3 is 14.7 Å². The Hall–Kier alpha value is 0.829. The van der Waals surface area contributed by atoms with Gasteiger partial charge in [-0.2, -0.15) is 8.60 Å². The van der Waals surface area contributed by atoms with Crippen molar-refractivity contribution in [2.45, 2.75) is 0 Å². The summed E-state index contributed by atoms with van der Waals surface area (Å²) in [5.74, 6) is 0. The van der Waals surface area contributed by atoms with Crippen molar-refractivity contribution in [2.24, 2.45) is 0 Å². The van der Waals surface area contributed by atoms with E-state index >= 15 is 0 Å². The summed E-state index contributed by atoms with van der Waals surface area (Å²) in [4.78, 5) is 24.2. The smallest absolute Gasteiger partial charge is 0.820 e. The Morgan fingerprint density at radius 2 is 1.40 bits per heavy atom. The minimum absolute atomic E-state index is 0. The average Bonchev–Trinajstić information content (AvgIpc) is 0.811. The van der Waals surface area contributed by atoms with Crippen molar-refractivity contribution in [3.63, 3.8) is 0 Å². The number of hydrogen-bond acceptors (Lipinski definition) is 3. The van der Waals surface area contributed by atoms with E-state index in [4.69, 9.17) is 14.7 Å². The molecule has 3 nitrogen and oxygen atoms in total. The number of hydrogen-bond donors (Lipinski definition) is 1. The molecule has 1 N–H and O–H groups in total. The van der Waals surface area contributed by atoms with Gasteiger partial charge in [0, 0.05) is 0 Å². The maximum Gasteiger partial charge on any atom is 2.00 e. The molecule has 0 amide bonds. The Morgan fingerprint density at radius 1 is 1.40 bits per heavy atom. The first-order valence-electron chi connectivity index (χ1n) is 0.565. The Kier molecular flexibility index (Phi) is 8.96. The van der Waals surface area contributed by atoms with Crippen LogP contribution in [0.5, 0.6) is 0 Å². The van der Waals surface area contributed by atoms with Crippen molar-refractivity contribution in [2.75, 3.05) is 0 Å². The fourth-order valence-electron chi connectivity index (χ4n) is 0. The van der Waals surface area contributed by atoms with Crippen molar-refractivity contribution >= 4 is 8.60 Å². The van der Waals surface area contributed by atoms with Crippen molar-refractivity contribution in [3.05, 3.63) is 0 Å². The van der Waals surface area contributed by atoms with Gasteiger partial charge in [-0.3, -0.25) is 0 Å². The molecule has 5 heavy (non-hydrogen) atoms. The van der Waals surface area contributed by atoms with Crippen LogP contribution in [-0.4, -0.2) is 4.89 Å². The van der Waals surface area contributed by atoms with E-state index in [0.29, 0.717) is 0 Å². The molecule has 0 heterocycles. The molecule has 0 unspecified atom stereocenters. The van der Waals surface area contributed by atoms with E-state index in [-0.39, 0.29) is 17.1 Å². The third-order valence-corrected chi connectivity index (χ3v) is 0.